The summed E-state index contributed by atoms with van der Waals surface area (Å²) in [5.74, 6) is 0. The van der Waals surface area contributed by atoms with Crippen molar-refractivity contribution in [1.82, 2.24) is 0 Å². The molecule has 0 unspecified atom stereocenters. The van der Waals surface area contributed by atoms with E-state index in [9.17, 15) is 0 Å². The van der Waals surface area contributed by atoms with E-state index in [1.54, 1.807) is 0 Å². The van der Waals surface area contributed by atoms with Crippen LogP contribution in [0.25, 0.3) is 0 Å². The highest BCUT2D eigenvalue weighted by atomic mass is 13.9. The number of hydrogen-bond donors (Lipinski definition) is 0. The normalized spacial score (nSPS) is 12.1. The molecule has 0 spiro atoms. The first kappa shape index (κ1) is 16.3. The van der Waals surface area contributed by atoms with E-state index in [1.165, 1.54) is 36.6 Å². The Bertz CT molecular complexity index is 248. The Balaban J connectivity index is 3.60. The van der Waals surface area contributed by atoms with Gasteiger partial charge in [-0.25, -0.2) is 0 Å². The van der Waals surface area contributed by atoms with Gasteiger partial charge in [0, 0.05) is 0 Å². The molecule has 0 fully saturated rings. The van der Waals surface area contributed by atoms with Crippen molar-refractivity contribution >= 4 is 7.28 Å². The standard InChI is InChI=1S/C16H28B/c1-5-11-15(4)17-14-10-8-9-13-16(7-3)12-6-2/h9,12-13H,4-8,10-11,14H2,1-3H3/b13-9-,16-12-. The summed E-state index contributed by atoms with van der Waals surface area (Å²) in [6, 6.07) is 0. The summed E-state index contributed by atoms with van der Waals surface area (Å²) in [5.41, 5.74) is 2.77. The van der Waals surface area contributed by atoms with Crippen molar-refractivity contribution in [2.24, 2.45) is 0 Å². The van der Waals surface area contributed by atoms with E-state index in [0.717, 1.165) is 19.3 Å². The first-order valence-electron chi connectivity index (χ1n) is 7.11. The summed E-state index contributed by atoms with van der Waals surface area (Å²) in [6.07, 6.45) is 15.1. The second kappa shape index (κ2) is 11.8. The molecule has 0 aromatic heterocycles. The average Bonchev–Trinajstić information content (AvgIpc) is 2.32. The molecule has 1 radical (unpaired) electrons. The van der Waals surface area contributed by atoms with Crippen molar-refractivity contribution in [3.63, 3.8) is 0 Å². The Morgan fingerprint density at radius 1 is 1.24 bits per heavy atom. The zero-order valence-electron chi connectivity index (χ0n) is 12.0. The van der Waals surface area contributed by atoms with Crippen molar-refractivity contribution in [1.29, 1.82) is 0 Å². The molecular weight excluding hydrogens is 203 g/mol. The topological polar surface area (TPSA) is 0 Å². The van der Waals surface area contributed by atoms with Crippen LogP contribution >= 0.6 is 0 Å². The Hall–Kier alpha value is -0.715. The van der Waals surface area contributed by atoms with Gasteiger partial charge in [-0.05, 0) is 25.7 Å². The van der Waals surface area contributed by atoms with Gasteiger partial charge in [0.1, 0.15) is 7.28 Å². The Morgan fingerprint density at radius 3 is 2.59 bits per heavy atom. The van der Waals surface area contributed by atoms with Crippen LogP contribution in [0.5, 0.6) is 0 Å². The maximum Gasteiger partial charge on any atom is 0.145 e. The van der Waals surface area contributed by atoms with Gasteiger partial charge in [-0.15, -0.1) is 12.1 Å². The molecule has 95 valence electrons. The van der Waals surface area contributed by atoms with Crippen LogP contribution in [0.2, 0.25) is 6.32 Å². The Kier molecular flexibility index (Phi) is 11.3. The molecule has 0 aromatic rings. The third-order valence-electron chi connectivity index (χ3n) is 2.79. The lowest BCUT2D eigenvalue weighted by Gasteiger charge is -2.01. The molecule has 0 atom stereocenters. The molecule has 0 nitrogen and oxygen atoms in total. The molecule has 0 aliphatic rings. The molecule has 0 amide bonds. The molecule has 17 heavy (non-hydrogen) atoms. The van der Waals surface area contributed by atoms with Crippen LogP contribution < -0.4 is 0 Å². The van der Waals surface area contributed by atoms with E-state index in [4.69, 9.17) is 0 Å². The SMILES string of the molecule is C=C([B]CCC/C=C\C(=C/CC)CC)CCC. The largest absolute Gasteiger partial charge is 0.145 e. The average molecular weight is 231 g/mol. The summed E-state index contributed by atoms with van der Waals surface area (Å²) in [5, 5.41) is 0. The summed E-state index contributed by atoms with van der Waals surface area (Å²) in [7, 11) is 2.29. The van der Waals surface area contributed by atoms with E-state index in [2.05, 4.69) is 52.9 Å². The molecule has 0 N–H and O–H groups in total. The van der Waals surface area contributed by atoms with E-state index in [-0.39, 0.29) is 0 Å². The predicted molar refractivity (Wildman–Crippen MR) is 81.6 cm³/mol. The molecule has 0 aliphatic carbocycles. The quantitative estimate of drug-likeness (QED) is 0.264. The maximum absolute atomic E-state index is 4.05. The third-order valence-corrected chi connectivity index (χ3v) is 2.79. The summed E-state index contributed by atoms with van der Waals surface area (Å²) in [4.78, 5) is 0. The van der Waals surface area contributed by atoms with E-state index in [0.29, 0.717) is 0 Å². The lowest BCUT2D eigenvalue weighted by atomic mass is 9.65. The number of rotatable bonds is 10. The molecule has 0 saturated heterocycles. The number of hydrogen-bond acceptors (Lipinski definition) is 0. The summed E-state index contributed by atoms with van der Waals surface area (Å²) in [6.45, 7) is 10.7. The molecule has 0 bridgehead atoms. The van der Waals surface area contributed by atoms with E-state index >= 15 is 0 Å². The molecule has 0 aliphatic heterocycles. The highest BCUT2D eigenvalue weighted by Gasteiger charge is 1.95. The van der Waals surface area contributed by atoms with Crippen molar-refractivity contribution in [2.75, 3.05) is 0 Å². The van der Waals surface area contributed by atoms with Crippen molar-refractivity contribution in [3.8, 4) is 0 Å². The fourth-order valence-electron chi connectivity index (χ4n) is 1.79. The minimum atomic E-state index is 1.14. The van der Waals surface area contributed by atoms with Crippen LogP contribution in [0.15, 0.2) is 35.9 Å². The molecule has 0 rings (SSSR count). The molecule has 0 saturated carbocycles. The maximum atomic E-state index is 4.05. The van der Waals surface area contributed by atoms with Crippen LogP contribution in [-0.4, -0.2) is 7.28 Å². The Morgan fingerprint density at radius 2 is 2.00 bits per heavy atom. The monoisotopic (exact) mass is 231 g/mol. The van der Waals surface area contributed by atoms with Crippen LogP contribution in [0.1, 0.15) is 59.3 Å². The second-order valence-electron chi connectivity index (χ2n) is 4.49. The summed E-state index contributed by atoms with van der Waals surface area (Å²) < 4.78 is 0. The molecule has 0 aromatic carbocycles. The van der Waals surface area contributed by atoms with Crippen LogP contribution in [0.4, 0.5) is 0 Å². The van der Waals surface area contributed by atoms with Gasteiger partial charge in [-0.3, -0.25) is 0 Å². The zero-order valence-corrected chi connectivity index (χ0v) is 12.0. The smallest absolute Gasteiger partial charge is 0.116 e. The second-order valence-corrected chi connectivity index (χ2v) is 4.49. The van der Waals surface area contributed by atoms with Crippen LogP contribution in [0.3, 0.4) is 0 Å². The first-order chi connectivity index (χ1) is 8.24. The minimum absolute atomic E-state index is 1.14. The first-order valence-corrected chi connectivity index (χ1v) is 7.11. The van der Waals surface area contributed by atoms with Crippen LogP contribution in [0, 0.1) is 0 Å². The fourth-order valence-corrected chi connectivity index (χ4v) is 1.79. The summed E-state index contributed by atoms with van der Waals surface area (Å²) >= 11 is 0. The lowest BCUT2D eigenvalue weighted by molar-refractivity contribution is 0.924. The van der Waals surface area contributed by atoms with E-state index < -0.39 is 0 Å². The van der Waals surface area contributed by atoms with Gasteiger partial charge >= 0.3 is 0 Å². The van der Waals surface area contributed by atoms with Gasteiger partial charge in [0.2, 0.25) is 0 Å². The van der Waals surface area contributed by atoms with Gasteiger partial charge in [-0.2, -0.15) is 0 Å². The third kappa shape index (κ3) is 10.2. The van der Waals surface area contributed by atoms with Crippen molar-refractivity contribution in [2.45, 2.75) is 65.6 Å². The van der Waals surface area contributed by atoms with Gasteiger partial charge in [-0.1, -0.05) is 63.7 Å². The zero-order chi connectivity index (χ0) is 12.9. The highest BCUT2D eigenvalue weighted by molar-refractivity contribution is 6.44. The fraction of sp³-hybridized carbons (Fsp3) is 0.625. The Labute approximate surface area is 109 Å². The highest BCUT2D eigenvalue weighted by Crippen LogP contribution is 2.08. The van der Waals surface area contributed by atoms with E-state index in [1.807, 2.05) is 0 Å². The molecule has 0 heterocycles. The van der Waals surface area contributed by atoms with Crippen molar-refractivity contribution < 1.29 is 0 Å². The van der Waals surface area contributed by atoms with Crippen LogP contribution in [-0.2, 0) is 0 Å². The minimum Gasteiger partial charge on any atom is -0.116 e. The van der Waals surface area contributed by atoms with Gasteiger partial charge < -0.3 is 0 Å². The lowest BCUT2D eigenvalue weighted by Crippen LogP contribution is -1.93. The number of unbranched alkanes of at least 4 members (excludes halogenated alkanes) is 1. The van der Waals surface area contributed by atoms with Gasteiger partial charge in [0.25, 0.3) is 0 Å². The van der Waals surface area contributed by atoms with Crippen molar-refractivity contribution in [3.05, 3.63) is 35.9 Å². The number of allylic oxidation sites excluding steroid dienone is 5. The molecular formula is C16H28B. The van der Waals surface area contributed by atoms with Gasteiger partial charge in [0.05, 0.1) is 0 Å². The van der Waals surface area contributed by atoms with Gasteiger partial charge in [0.15, 0.2) is 0 Å². The predicted octanol–water partition coefficient (Wildman–Crippen LogP) is 5.51. The molecule has 1 heteroatoms.